The molecule has 0 bridgehead atoms. The molecule has 2 unspecified atom stereocenters. The van der Waals surface area contributed by atoms with Crippen LogP contribution in [0.3, 0.4) is 0 Å². The average Bonchev–Trinajstić information content (AvgIpc) is 2.86. The first kappa shape index (κ1) is 26.9. The number of carbonyl (C=O) groups is 1. The van der Waals surface area contributed by atoms with Gasteiger partial charge in [0.15, 0.2) is 0 Å². The van der Waals surface area contributed by atoms with Gasteiger partial charge in [-0.25, -0.2) is 0 Å². The molecule has 1 fully saturated rings. The number of carbonyl (C=O) groups excluding carboxylic acids is 1. The van der Waals surface area contributed by atoms with E-state index in [0.29, 0.717) is 38.3 Å². The molecule has 0 saturated carbocycles. The lowest BCUT2D eigenvalue weighted by atomic mass is 10.0. The van der Waals surface area contributed by atoms with Gasteiger partial charge in [-0.1, -0.05) is 42.5 Å². The van der Waals surface area contributed by atoms with Crippen molar-refractivity contribution >= 4 is 33.6 Å². The van der Waals surface area contributed by atoms with E-state index in [1.807, 2.05) is 36.4 Å². The van der Waals surface area contributed by atoms with Crippen LogP contribution in [0.2, 0.25) is 0 Å². The van der Waals surface area contributed by atoms with Gasteiger partial charge in [-0.05, 0) is 47.0 Å². The summed E-state index contributed by atoms with van der Waals surface area (Å²) in [5, 5.41) is 1.89. The second-order valence-corrected chi connectivity index (χ2v) is 9.78. The molecule has 37 heavy (non-hydrogen) atoms. The molecule has 0 N–H and O–H groups in total. The molecule has 11 heteroatoms. The molecule has 198 valence electrons. The Bertz CT molecular complexity index is 1250. The highest BCUT2D eigenvalue weighted by Crippen LogP contribution is 2.26. The van der Waals surface area contributed by atoms with Crippen molar-refractivity contribution in [2.45, 2.75) is 25.7 Å². The highest BCUT2D eigenvalue weighted by molar-refractivity contribution is 7.80. The Morgan fingerprint density at radius 3 is 2.27 bits per heavy atom. The maximum absolute atomic E-state index is 12.5. The van der Waals surface area contributed by atoms with Crippen LogP contribution in [0.5, 0.6) is 5.75 Å². The molecule has 3 aromatic rings. The second-order valence-electron chi connectivity index (χ2n) is 8.90. The first-order valence-electron chi connectivity index (χ1n) is 11.8. The first-order chi connectivity index (χ1) is 17.6. The second kappa shape index (κ2) is 11.5. The van der Waals surface area contributed by atoms with E-state index in [4.69, 9.17) is 0 Å². The normalized spacial score (nSPS) is 16.4. The van der Waals surface area contributed by atoms with Crippen LogP contribution in [0.1, 0.15) is 12.5 Å². The number of anilines is 1. The van der Waals surface area contributed by atoms with Crippen LogP contribution < -0.4 is 9.04 Å². The number of hydrogen-bond acceptors (Lipinski definition) is 5. The number of nitrogens with zero attached hydrogens (tertiary/aromatic N) is 3. The Labute approximate surface area is 215 Å². The van der Waals surface area contributed by atoms with Gasteiger partial charge in [0.2, 0.25) is 5.91 Å². The van der Waals surface area contributed by atoms with E-state index in [2.05, 4.69) is 9.64 Å². The molecule has 7 nitrogen and oxygen atoms in total. The van der Waals surface area contributed by atoms with Crippen LogP contribution >= 0.6 is 0 Å². The quantitative estimate of drug-likeness (QED) is 0.407. The van der Waals surface area contributed by atoms with E-state index >= 15 is 0 Å². The number of halogens is 3. The SMILES string of the molecule is CC(=O)N1CCN(C(Cc2ccc(OC(F)(F)F)cc2)CN(c2ccc3ccccc3c2)S(=O)[O-])CC1. The van der Waals surface area contributed by atoms with Crippen molar-refractivity contribution in [1.82, 2.24) is 9.80 Å². The molecule has 1 aliphatic rings. The number of benzene rings is 3. The zero-order valence-corrected chi connectivity index (χ0v) is 21.0. The molecular weight excluding hydrogens is 507 g/mol. The third-order valence-corrected chi connectivity index (χ3v) is 7.20. The lowest BCUT2D eigenvalue weighted by Gasteiger charge is -2.41. The Hall–Kier alpha value is -3.15. The third kappa shape index (κ3) is 7.21. The Morgan fingerprint density at radius 2 is 1.68 bits per heavy atom. The zero-order chi connectivity index (χ0) is 26.6. The number of ether oxygens (including phenoxy) is 1. The monoisotopic (exact) mass is 534 g/mol. The topological polar surface area (TPSA) is 76.2 Å². The summed E-state index contributed by atoms with van der Waals surface area (Å²) < 4.78 is 67.6. The highest BCUT2D eigenvalue weighted by Gasteiger charge is 2.31. The van der Waals surface area contributed by atoms with E-state index < -0.39 is 17.6 Å². The van der Waals surface area contributed by atoms with Crippen molar-refractivity contribution < 1.29 is 31.5 Å². The average molecular weight is 535 g/mol. The summed E-state index contributed by atoms with van der Waals surface area (Å²) in [5.41, 5.74) is 1.26. The molecule has 1 heterocycles. The predicted molar refractivity (Wildman–Crippen MR) is 135 cm³/mol. The van der Waals surface area contributed by atoms with Gasteiger partial charge in [0.1, 0.15) is 5.75 Å². The molecular formula is C26H27F3N3O4S-. The van der Waals surface area contributed by atoms with Crippen LogP contribution in [-0.4, -0.2) is 69.6 Å². The standard InChI is InChI=1S/C26H28F3N3O4S/c1-19(33)30-12-14-31(15-13-30)24(16-20-6-10-25(11-7-20)36-26(27,28)29)18-32(37(34)35)23-9-8-21-4-2-3-5-22(21)17-23/h2-11,17,24H,12-16,18H2,1H3,(H,34,35)/p-1. The number of hydrogen-bond donors (Lipinski definition) is 0. The Kier molecular flexibility index (Phi) is 8.35. The van der Waals surface area contributed by atoms with Gasteiger partial charge in [0, 0.05) is 62.6 Å². The van der Waals surface area contributed by atoms with Gasteiger partial charge >= 0.3 is 6.36 Å². The van der Waals surface area contributed by atoms with Crippen molar-refractivity contribution in [1.29, 1.82) is 0 Å². The summed E-state index contributed by atoms with van der Waals surface area (Å²) in [7, 11) is 0. The fourth-order valence-electron chi connectivity index (χ4n) is 4.59. The minimum Gasteiger partial charge on any atom is -0.755 e. The van der Waals surface area contributed by atoms with Gasteiger partial charge in [0.25, 0.3) is 0 Å². The van der Waals surface area contributed by atoms with Crippen molar-refractivity contribution in [2.24, 2.45) is 0 Å². The summed E-state index contributed by atoms with van der Waals surface area (Å²) in [5.74, 6) is -0.337. The number of alkyl halides is 3. The maximum Gasteiger partial charge on any atom is 0.573 e. The van der Waals surface area contributed by atoms with Crippen LogP contribution in [0.15, 0.2) is 66.7 Å². The van der Waals surface area contributed by atoms with Crippen molar-refractivity contribution in [3.8, 4) is 5.75 Å². The molecule has 4 rings (SSSR count). The number of rotatable bonds is 8. The molecule has 1 amide bonds. The van der Waals surface area contributed by atoms with Gasteiger partial charge in [-0.3, -0.25) is 13.9 Å². The van der Waals surface area contributed by atoms with Crippen LogP contribution in [0, 0.1) is 0 Å². The zero-order valence-electron chi connectivity index (χ0n) is 20.2. The lowest BCUT2D eigenvalue weighted by molar-refractivity contribution is -0.274. The van der Waals surface area contributed by atoms with E-state index in [9.17, 15) is 26.7 Å². The van der Waals surface area contributed by atoms with E-state index in [-0.39, 0.29) is 24.2 Å². The highest BCUT2D eigenvalue weighted by atomic mass is 32.2. The lowest BCUT2D eigenvalue weighted by Crippen LogP contribution is -2.55. The molecule has 0 radical (unpaired) electrons. The summed E-state index contributed by atoms with van der Waals surface area (Å²) in [4.78, 5) is 15.6. The van der Waals surface area contributed by atoms with Gasteiger partial charge in [-0.2, -0.15) is 0 Å². The summed E-state index contributed by atoms with van der Waals surface area (Å²) in [6.07, 6.45) is -4.38. The van der Waals surface area contributed by atoms with Crippen LogP contribution in [-0.2, 0) is 22.5 Å². The minimum absolute atomic E-state index is 0.0186. The first-order valence-corrected chi connectivity index (χ1v) is 12.8. The summed E-state index contributed by atoms with van der Waals surface area (Å²) in [6.45, 7) is 3.78. The minimum atomic E-state index is -4.78. The summed E-state index contributed by atoms with van der Waals surface area (Å²) in [6, 6.07) is 18.4. The molecule has 0 aliphatic carbocycles. The molecule has 1 aliphatic heterocycles. The molecule has 1 saturated heterocycles. The fraction of sp³-hybridized carbons (Fsp3) is 0.346. The number of amides is 1. The van der Waals surface area contributed by atoms with E-state index in [1.54, 1.807) is 23.1 Å². The summed E-state index contributed by atoms with van der Waals surface area (Å²) >= 11 is -2.56. The maximum atomic E-state index is 12.5. The van der Waals surface area contributed by atoms with Crippen molar-refractivity contribution in [2.75, 3.05) is 37.0 Å². The van der Waals surface area contributed by atoms with Gasteiger partial charge in [-0.15, -0.1) is 13.2 Å². The number of piperazine rings is 1. The number of fused-ring (bicyclic) bond motifs is 1. The van der Waals surface area contributed by atoms with E-state index in [1.165, 1.54) is 23.4 Å². The largest absolute Gasteiger partial charge is 0.755 e. The van der Waals surface area contributed by atoms with Crippen molar-refractivity contribution in [3.63, 3.8) is 0 Å². The third-order valence-electron chi connectivity index (χ3n) is 6.48. The fourth-order valence-corrected chi connectivity index (χ4v) is 5.17. The molecule has 3 aromatic carbocycles. The Morgan fingerprint density at radius 1 is 1.03 bits per heavy atom. The molecule has 0 aromatic heterocycles. The van der Waals surface area contributed by atoms with Crippen LogP contribution in [0.4, 0.5) is 18.9 Å². The molecule has 2 atom stereocenters. The van der Waals surface area contributed by atoms with Gasteiger partial charge in [0.05, 0.1) is 0 Å². The predicted octanol–water partition coefficient (Wildman–Crippen LogP) is 4.11. The van der Waals surface area contributed by atoms with E-state index in [0.717, 1.165) is 16.3 Å². The van der Waals surface area contributed by atoms with Gasteiger partial charge < -0.3 is 18.5 Å². The van der Waals surface area contributed by atoms with Crippen molar-refractivity contribution in [3.05, 3.63) is 72.3 Å². The van der Waals surface area contributed by atoms with Crippen LogP contribution in [0.25, 0.3) is 10.8 Å². The Balaban J connectivity index is 1.58. The smallest absolute Gasteiger partial charge is 0.573 e. The molecule has 0 spiro atoms.